The number of carbonyl (C=O) groups excluding carboxylic acids is 1. The molecule has 0 bridgehead atoms. The van der Waals surface area contributed by atoms with Gasteiger partial charge in [0.15, 0.2) is 0 Å². The molecule has 0 aliphatic carbocycles. The molecule has 27 heavy (non-hydrogen) atoms. The maximum absolute atomic E-state index is 13.5. The van der Waals surface area contributed by atoms with E-state index in [9.17, 15) is 18.0 Å². The molecule has 144 valence electrons. The number of nitrogens with zero attached hydrogens (tertiary/aromatic N) is 1. The van der Waals surface area contributed by atoms with Crippen LogP contribution in [-0.4, -0.2) is 32.2 Å². The van der Waals surface area contributed by atoms with Crippen molar-refractivity contribution in [3.63, 3.8) is 0 Å². The van der Waals surface area contributed by atoms with Crippen molar-refractivity contribution in [1.82, 2.24) is 0 Å². The topological polar surface area (TPSA) is 41.6 Å². The van der Waals surface area contributed by atoms with Crippen LogP contribution in [0.2, 0.25) is 10.0 Å². The number of nitrogens with one attached hydrogen (secondary N) is 1. The number of anilines is 2. The average molecular weight is 419 g/mol. The zero-order chi connectivity index (χ0) is 19.6. The Morgan fingerprint density at radius 3 is 2.37 bits per heavy atom. The number of rotatable bonds is 3. The molecule has 0 atom stereocenters. The van der Waals surface area contributed by atoms with E-state index in [1.165, 1.54) is 24.3 Å². The van der Waals surface area contributed by atoms with Crippen LogP contribution < -0.4 is 10.2 Å². The van der Waals surface area contributed by atoms with Crippen molar-refractivity contribution < 1.29 is 22.7 Å². The monoisotopic (exact) mass is 418 g/mol. The highest BCUT2D eigenvalue weighted by molar-refractivity contribution is 6.42. The zero-order valence-electron chi connectivity index (χ0n) is 13.9. The molecule has 1 fully saturated rings. The van der Waals surface area contributed by atoms with Crippen LogP contribution in [0.3, 0.4) is 0 Å². The summed E-state index contributed by atoms with van der Waals surface area (Å²) in [7, 11) is 0. The maximum atomic E-state index is 13.5. The standard InChI is InChI=1S/C18H15Cl2F3N2O2/c19-14-3-1-11(9-15(14)20)17(26)24-16-4-2-12(10-13(16)18(21,22)23)25-5-7-27-8-6-25/h1-4,9-10H,5-8H2,(H,24,26). The maximum Gasteiger partial charge on any atom is 0.418 e. The minimum atomic E-state index is -4.62. The molecule has 1 aliphatic rings. The number of hydrogen-bond acceptors (Lipinski definition) is 3. The molecule has 0 unspecified atom stereocenters. The molecule has 1 N–H and O–H groups in total. The summed E-state index contributed by atoms with van der Waals surface area (Å²) in [6.45, 7) is 1.92. The zero-order valence-corrected chi connectivity index (χ0v) is 15.5. The van der Waals surface area contributed by atoms with Crippen LogP contribution in [0.5, 0.6) is 0 Å². The lowest BCUT2D eigenvalue weighted by Crippen LogP contribution is -2.36. The minimum absolute atomic E-state index is 0.106. The first-order chi connectivity index (χ1) is 12.8. The lowest BCUT2D eigenvalue weighted by Gasteiger charge is -2.29. The second kappa shape index (κ2) is 7.96. The first-order valence-corrected chi connectivity index (χ1v) is 8.81. The van der Waals surface area contributed by atoms with Crippen molar-refractivity contribution >= 4 is 40.5 Å². The number of hydrogen-bond donors (Lipinski definition) is 1. The predicted octanol–water partition coefficient (Wildman–Crippen LogP) is 5.10. The lowest BCUT2D eigenvalue weighted by molar-refractivity contribution is -0.136. The molecule has 1 amide bonds. The number of morpholine rings is 1. The summed E-state index contributed by atoms with van der Waals surface area (Å²) in [5, 5.41) is 2.70. The third-order valence-corrected chi connectivity index (χ3v) is 4.85. The van der Waals surface area contributed by atoms with Gasteiger partial charge < -0.3 is 15.0 Å². The molecule has 2 aromatic rings. The normalized spacial score (nSPS) is 14.9. The van der Waals surface area contributed by atoms with E-state index in [0.29, 0.717) is 32.0 Å². The van der Waals surface area contributed by atoms with E-state index in [-0.39, 0.29) is 21.3 Å². The molecule has 4 nitrogen and oxygen atoms in total. The van der Waals surface area contributed by atoms with Gasteiger partial charge in [-0.1, -0.05) is 23.2 Å². The highest BCUT2D eigenvalue weighted by Gasteiger charge is 2.35. The number of ether oxygens (including phenoxy) is 1. The van der Waals surface area contributed by atoms with Crippen LogP contribution in [0.1, 0.15) is 15.9 Å². The molecule has 0 radical (unpaired) electrons. The SMILES string of the molecule is O=C(Nc1ccc(N2CCOCC2)cc1C(F)(F)F)c1ccc(Cl)c(Cl)c1. The van der Waals surface area contributed by atoms with Gasteiger partial charge in [-0.3, -0.25) is 4.79 Å². The van der Waals surface area contributed by atoms with Gasteiger partial charge >= 0.3 is 6.18 Å². The summed E-state index contributed by atoms with van der Waals surface area (Å²) in [4.78, 5) is 14.1. The Morgan fingerprint density at radius 1 is 1.04 bits per heavy atom. The van der Waals surface area contributed by atoms with Crippen molar-refractivity contribution in [3.8, 4) is 0 Å². The fourth-order valence-corrected chi connectivity index (χ4v) is 3.02. The number of carbonyl (C=O) groups is 1. The van der Waals surface area contributed by atoms with Crippen LogP contribution in [0.15, 0.2) is 36.4 Å². The van der Waals surface area contributed by atoms with E-state index in [1.807, 2.05) is 4.90 Å². The number of amides is 1. The quantitative estimate of drug-likeness (QED) is 0.753. The summed E-state index contributed by atoms with van der Waals surface area (Å²) in [5.74, 6) is -0.710. The van der Waals surface area contributed by atoms with Crippen LogP contribution in [0.25, 0.3) is 0 Å². The Morgan fingerprint density at radius 2 is 1.74 bits per heavy atom. The van der Waals surface area contributed by atoms with Crippen molar-refractivity contribution in [2.24, 2.45) is 0 Å². The van der Waals surface area contributed by atoms with Crippen LogP contribution in [-0.2, 0) is 10.9 Å². The first kappa shape index (κ1) is 19.8. The second-order valence-electron chi connectivity index (χ2n) is 5.91. The fourth-order valence-electron chi connectivity index (χ4n) is 2.73. The van der Waals surface area contributed by atoms with E-state index in [4.69, 9.17) is 27.9 Å². The third-order valence-electron chi connectivity index (χ3n) is 4.11. The van der Waals surface area contributed by atoms with Gasteiger partial charge in [-0.05, 0) is 36.4 Å². The molecule has 3 rings (SSSR count). The highest BCUT2D eigenvalue weighted by atomic mass is 35.5. The number of alkyl halides is 3. The minimum Gasteiger partial charge on any atom is -0.378 e. The fraction of sp³-hybridized carbons (Fsp3) is 0.278. The van der Waals surface area contributed by atoms with Gasteiger partial charge in [-0.2, -0.15) is 13.2 Å². The van der Waals surface area contributed by atoms with Gasteiger partial charge in [0.05, 0.1) is 34.5 Å². The number of halogens is 5. The summed E-state index contributed by atoms with van der Waals surface area (Å²) < 4.78 is 45.8. The van der Waals surface area contributed by atoms with Crippen molar-refractivity contribution in [2.45, 2.75) is 6.18 Å². The Hall–Kier alpha value is -1.96. The lowest BCUT2D eigenvalue weighted by atomic mass is 10.1. The molecule has 0 aromatic heterocycles. The van der Waals surface area contributed by atoms with Crippen LogP contribution in [0, 0.1) is 0 Å². The molecule has 9 heteroatoms. The van der Waals surface area contributed by atoms with E-state index in [2.05, 4.69) is 5.32 Å². The van der Waals surface area contributed by atoms with E-state index in [1.54, 1.807) is 6.07 Å². The molecule has 0 spiro atoms. The second-order valence-corrected chi connectivity index (χ2v) is 6.72. The van der Waals surface area contributed by atoms with E-state index in [0.717, 1.165) is 6.07 Å². The molecule has 2 aromatic carbocycles. The Balaban J connectivity index is 1.89. The van der Waals surface area contributed by atoms with E-state index >= 15 is 0 Å². The number of benzene rings is 2. The average Bonchev–Trinajstić information content (AvgIpc) is 2.64. The van der Waals surface area contributed by atoms with Crippen molar-refractivity contribution in [2.75, 3.05) is 36.5 Å². The van der Waals surface area contributed by atoms with E-state index < -0.39 is 17.6 Å². The van der Waals surface area contributed by atoms with Gasteiger partial charge in [0.2, 0.25) is 0 Å². The molecule has 1 saturated heterocycles. The van der Waals surface area contributed by atoms with Gasteiger partial charge in [0, 0.05) is 24.3 Å². The Bertz CT molecular complexity index is 853. The molecular formula is C18H15Cl2F3N2O2. The van der Waals surface area contributed by atoms with Crippen molar-refractivity contribution in [3.05, 3.63) is 57.6 Å². The van der Waals surface area contributed by atoms with Crippen LogP contribution >= 0.6 is 23.2 Å². The summed E-state index contributed by atoms with van der Waals surface area (Å²) >= 11 is 11.7. The summed E-state index contributed by atoms with van der Waals surface area (Å²) in [6, 6.07) is 7.93. The first-order valence-electron chi connectivity index (χ1n) is 8.06. The molecular weight excluding hydrogens is 404 g/mol. The van der Waals surface area contributed by atoms with Crippen LogP contribution in [0.4, 0.5) is 24.5 Å². The Kier molecular flexibility index (Phi) is 5.83. The Labute approximate surface area is 163 Å². The molecule has 1 heterocycles. The van der Waals surface area contributed by atoms with Gasteiger partial charge in [0.1, 0.15) is 0 Å². The van der Waals surface area contributed by atoms with Gasteiger partial charge in [-0.15, -0.1) is 0 Å². The largest absolute Gasteiger partial charge is 0.418 e. The highest BCUT2D eigenvalue weighted by Crippen LogP contribution is 2.38. The van der Waals surface area contributed by atoms with Crippen molar-refractivity contribution in [1.29, 1.82) is 0 Å². The van der Waals surface area contributed by atoms with Gasteiger partial charge in [-0.25, -0.2) is 0 Å². The molecule has 0 saturated carbocycles. The molecule has 1 aliphatic heterocycles. The van der Waals surface area contributed by atoms with Gasteiger partial charge in [0.25, 0.3) is 5.91 Å². The third kappa shape index (κ3) is 4.66. The summed E-state index contributed by atoms with van der Waals surface area (Å²) in [6.07, 6.45) is -4.62. The summed E-state index contributed by atoms with van der Waals surface area (Å²) in [5.41, 5.74) is -0.705. The smallest absolute Gasteiger partial charge is 0.378 e. The predicted molar refractivity (Wildman–Crippen MR) is 98.9 cm³/mol.